The van der Waals surface area contributed by atoms with Crippen LogP contribution in [0.5, 0.6) is 0 Å². The molecule has 4 aromatic rings. The third-order valence-electron chi connectivity index (χ3n) is 4.62. The van der Waals surface area contributed by atoms with Crippen LogP contribution in [-0.4, -0.2) is 20.2 Å². The first-order valence-corrected chi connectivity index (χ1v) is 9.09. The molecule has 126 valence electrons. The second-order valence-corrected chi connectivity index (χ2v) is 7.09. The Morgan fingerprint density at radius 2 is 1.73 bits per heavy atom. The van der Waals surface area contributed by atoms with Crippen LogP contribution in [0.25, 0.3) is 16.5 Å². The number of halogens is 1. The van der Waals surface area contributed by atoms with Crippen LogP contribution in [0, 0.1) is 0 Å². The van der Waals surface area contributed by atoms with Crippen LogP contribution in [0.4, 0.5) is 5.95 Å². The van der Waals surface area contributed by atoms with Crippen LogP contribution in [0.3, 0.4) is 0 Å². The average molecular weight is 404 g/mol. The molecule has 3 aromatic carbocycles. The lowest BCUT2D eigenvalue weighted by molar-refractivity contribution is 0.589. The number of hydrogen-bond acceptors (Lipinski definition) is 4. The van der Waals surface area contributed by atoms with E-state index in [1.807, 2.05) is 16.8 Å². The predicted octanol–water partition coefficient (Wildman–Crippen LogP) is 4.64. The number of hydrogen-bond donors (Lipinski definition) is 1. The van der Waals surface area contributed by atoms with Gasteiger partial charge in [0.05, 0.1) is 0 Å². The second kappa shape index (κ2) is 6.07. The van der Waals surface area contributed by atoms with Crippen molar-refractivity contribution in [2.45, 2.75) is 6.04 Å². The number of anilines is 1. The predicted molar refractivity (Wildman–Crippen MR) is 106 cm³/mol. The molecule has 0 saturated carbocycles. The molecule has 5 nitrogen and oxygen atoms in total. The zero-order valence-corrected chi connectivity index (χ0v) is 15.3. The Balaban J connectivity index is 1.70. The second-order valence-electron chi connectivity index (χ2n) is 6.17. The maximum Gasteiger partial charge on any atom is 0.248 e. The van der Waals surface area contributed by atoms with Crippen LogP contribution in [-0.2, 0) is 0 Å². The van der Waals surface area contributed by atoms with E-state index in [9.17, 15) is 0 Å². The SMILES string of the molecule is Brc1ccc(C2=C[C@@H](c3cccc4ccccc34)n3nnnc3N2)cc1. The summed E-state index contributed by atoms with van der Waals surface area (Å²) in [4.78, 5) is 0. The first-order valence-electron chi connectivity index (χ1n) is 8.30. The van der Waals surface area contributed by atoms with Crippen LogP contribution < -0.4 is 5.32 Å². The van der Waals surface area contributed by atoms with Crippen LogP contribution >= 0.6 is 15.9 Å². The van der Waals surface area contributed by atoms with Gasteiger partial charge in [-0.3, -0.25) is 0 Å². The summed E-state index contributed by atoms with van der Waals surface area (Å²) in [5, 5.41) is 18.0. The van der Waals surface area contributed by atoms with Crippen molar-refractivity contribution in [1.29, 1.82) is 0 Å². The van der Waals surface area contributed by atoms with Crippen molar-refractivity contribution in [3.8, 4) is 0 Å². The number of aromatic nitrogens is 4. The average Bonchev–Trinajstić information content (AvgIpc) is 3.16. The maximum atomic E-state index is 4.20. The normalized spacial score (nSPS) is 16.0. The number of rotatable bonds is 2. The minimum Gasteiger partial charge on any atom is -0.323 e. The largest absolute Gasteiger partial charge is 0.323 e. The Morgan fingerprint density at radius 1 is 0.923 bits per heavy atom. The van der Waals surface area contributed by atoms with Crippen LogP contribution in [0.15, 0.2) is 77.3 Å². The smallest absolute Gasteiger partial charge is 0.248 e. The van der Waals surface area contributed by atoms with E-state index in [4.69, 9.17) is 0 Å². The van der Waals surface area contributed by atoms with E-state index < -0.39 is 0 Å². The molecule has 5 rings (SSSR count). The van der Waals surface area contributed by atoms with Gasteiger partial charge in [0.15, 0.2) is 0 Å². The molecule has 0 fully saturated rings. The molecule has 26 heavy (non-hydrogen) atoms. The van der Waals surface area contributed by atoms with Crippen molar-refractivity contribution in [1.82, 2.24) is 20.2 Å². The molecule has 1 atom stereocenters. The van der Waals surface area contributed by atoms with Crippen molar-refractivity contribution < 1.29 is 0 Å². The highest BCUT2D eigenvalue weighted by Crippen LogP contribution is 2.35. The highest BCUT2D eigenvalue weighted by Gasteiger charge is 2.25. The lowest BCUT2D eigenvalue weighted by atomic mass is 9.96. The van der Waals surface area contributed by atoms with Crippen molar-refractivity contribution in [3.05, 3.63) is 88.4 Å². The van der Waals surface area contributed by atoms with Gasteiger partial charge in [-0.05, 0) is 50.5 Å². The quantitative estimate of drug-likeness (QED) is 0.529. The minimum absolute atomic E-state index is 0.0778. The highest BCUT2D eigenvalue weighted by molar-refractivity contribution is 9.10. The minimum atomic E-state index is -0.0778. The van der Waals surface area contributed by atoms with Crippen molar-refractivity contribution >= 4 is 38.3 Å². The molecular weight excluding hydrogens is 390 g/mol. The summed E-state index contributed by atoms with van der Waals surface area (Å²) >= 11 is 3.49. The summed E-state index contributed by atoms with van der Waals surface area (Å²) in [6.07, 6.45) is 2.17. The number of tetrazole rings is 1. The fourth-order valence-corrected chi connectivity index (χ4v) is 3.65. The Hall–Kier alpha value is -2.99. The fraction of sp³-hybridized carbons (Fsp3) is 0.0500. The third-order valence-corrected chi connectivity index (χ3v) is 5.15. The number of benzene rings is 3. The fourth-order valence-electron chi connectivity index (χ4n) is 3.38. The molecule has 0 aliphatic carbocycles. The van der Waals surface area contributed by atoms with Gasteiger partial charge in [0.25, 0.3) is 0 Å². The molecule has 0 radical (unpaired) electrons. The standard InChI is InChI=1S/C20H14BrN5/c21-15-10-8-14(9-11-15)18-12-19(26-20(22-18)23-24-25-26)17-7-3-5-13-4-1-2-6-16(13)17/h1-12,19H,(H,22,23,25)/t19-/m0/s1. The Kier molecular flexibility index (Phi) is 3.57. The summed E-state index contributed by atoms with van der Waals surface area (Å²) in [6, 6.07) is 22.9. The molecule has 1 N–H and O–H groups in total. The zero-order valence-electron chi connectivity index (χ0n) is 13.7. The summed E-state index contributed by atoms with van der Waals surface area (Å²) in [5.41, 5.74) is 3.26. The number of nitrogens with one attached hydrogen (secondary N) is 1. The van der Waals surface area contributed by atoms with Gasteiger partial charge < -0.3 is 5.32 Å². The van der Waals surface area contributed by atoms with E-state index in [-0.39, 0.29) is 6.04 Å². The Bertz CT molecular complexity index is 1130. The summed E-state index contributed by atoms with van der Waals surface area (Å²) in [6.45, 7) is 0. The van der Waals surface area contributed by atoms with Gasteiger partial charge in [0.1, 0.15) is 6.04 Å². The van der Waals surface area contributed by atoms with Crippen LogP contribution in [0.1, 0.15) is 17.2 Å². The van der Waals surface area contributed by atoms with E-state index in [0.29, 0.717) is 5.95 Å². The monoisotopic (exact) mass is 403 g/mol. The van der Waals surface area contributed by atoms with Gasteiger partial charge in [-0.15, -0.1) is 0 Å². The molecule has 0 saturated heterocycles. The molecule has 1 aliphatic heterocycles. The number of nitrogens with zero attached hydrogens (tertiary/aromatic N) is 4. The van der Waals surface area contributed by atoms with Crippen molar-refractivity contribution in [2.24, 2.45) is 0 Å². The van der Waals surface area contributed by atoms with E-state index in [0.717, 1.165) is 15.7 Å². The number of fused-ring (bicyclic) bond motifs is 2. The third kappa shape index (κ3) is 2.50. The molecule has 0 bridgehead atoms. The van der Waals surface area contributed by atoms with E-state index in [2.05, 4.69) is 97.4 Å². The van der Waals surface area contributed by atoms with E-state index in [1.54, 1.807) is 0 Å². The topological polar surface area (TPSA) is 55.6 Å². The maximum absolute atomic E-state index is 4.20. The van der Waals surface area contributed by atoms with Gasteiger partial charge in [-0.25, -0.2) is 0 Å². The molecule has 1 aromatic heterocycles. The molecule has 6 heteroatoms. The summed E-state index contributed by atoms with van der Waals surface area (Å²) in [7, 11) is 0. The molecule has 1 aliphatic rings. The summed E-state index contributed by atoms with van der Waals surface area (Å²) < 4.78 is 2.87. The van der Waals surface area contributed by atoms with Gasteiger partial charge >= 0.3 is 0 Å². The van der Waals surface area contributed by atoms with Crippen molar-refractivity contribution in [3.63, 3.8) is 0 Å². The Labute approximate surface area is 158 Å². The van der Waals surface area contributed by atoms with E-state index in [1.165, 1.54) is 16.3 Å². The highest BCUT2D eigenvalue weighted by atomic mass is 79.9. The first-order chi connectivity index (χ1) is 12.8. The van der Waals surface area contributed by atoms with Gasteiger partial charge in [-0.2, -0.15) is 4.68 Å². The van der Waals surface area contributed by atoms with Gasteiger partial charge in [-0.1, -0.05) is 75.6 Å². The summed E-state index contributed by atoms with van der Waals surface area (Å²) in [5.74, 6) is 0.642. The first kappa shape index (κ1) is 15.3. The van der Waals surface area contributed by atoms with Gasteiger partial charge in [0, 0.05) is 10.2 Å². The van der Waals surface area contributed by atoms with Gasteiger partial charge in [0.2, 0.25) is 5.95 Å². The molecule has 0 amide bonds. The Morgan fingerprint density at radius 3 is 2.62 bits per heavy atom. The van der Waals surface area contributed by atoms with Crippen molar-refractivity contribution in [2.75, 3.05) is 5.32 Å². The molecular formula is C20H14BrN5. The lowest BCUT2D eigenvalue weighted by Crippen LogP contribution is -2.20. The molecule has 2 heterocycles. The van der Waals surface area contributed by atoms with Crippen LogP contribution in [0.2, 0.25) is 0 Å². The number of allylic oxidation sites excluding steroid dienone is 1. The zero-order chi connectivity index (χ0) is 17.5. The molecule has 0 spiro atoms. The molecule has 0 unspecified atom stereocenters. The lowest BCUT2D eigenvalue weighted by Gasteiger charge is -2.24. The van der Waals surface area contributed by atoms with E-state index >= 15 is 0 Å².